The highest BCUT2D eigenvalue weighted by Gasteiger charge is 2.05. The van der Waals surface area contributed by atoms with E-state index in [1.165, 1.54) is 0 Å². The molecule has 0 heterocycles. The monoisotopic (exact) mass is 362 g/mol. The summed E-state index contributed by atoms with van der Waals surface area (Å²) in [5.74, 6) is 0. The third kappa shape index (κ3) is 4.46. The Bertz CT molecular complexity index is 1010. The van der Waals surface area contributed by atoms with E-state index in [1.807, 2.05) is 60.7 Å². The number of nitrogen functional groups attached to an aromatic ring is 2. The molecule has 3 rings (SSSR count). The number of hydrogen-bond donors (Lipinski definition) is 2. The van der Waals surface area contributed by atoms with Crippen LogP contribution in [0.15, 0.2) is 72.8 Å². The van der Waals surface area contributed by atoms with Crippen LogP contribution in [0.3, 0.4) is 0 Å². The lowest BCUT2D eigenvalue weighted by atomic mass is 9.98. The fourth-order valence-electron chi connectivity index (χ4n) is 2.71. The van der Waals surface area contributed by atoms with Gasteiger partial charge in [0, 0.05) is 11.4 Å². The summed E-state index contributed by atoms with van der Waals surface area (Å²) in [5, 5.41) is 19.0. The molecule has 0 aliphatic rings. The Balaban J connectivity index is 1.89. The van der Waals surface area contributed by atoms with Crippen LogP contribution < -0.4 is 11.5 Å². The van der Waals surface area contributed by atoms with Gasteiger partial charge >= 0.3 is 0 Å². The summed E-state index contributed by atoms with van der Waals surface area (Å²) in [4.78, 5) is 0. The smallest absolute Gasteiger partial charge is 0.0998 e. The van der Waals surface area contributed by atoms with Crippen LogP contribution in [0.25, 0.3) is 23.3 Å². The molecular formula is C24H18N4. The molecule has 4 nitrogen and oxygen atoms in total. The predicted octanol–water partition coefficient (Wildman–Crippen LogP) is 4.98. The molecule has 0 saturated carbocycles. The highest BCUT2D eigenvalue weighted by Crippen LogP contribution is 2.23. The second-order valence-corrected chi connectivity index (χ2v) is 6.25. The minimum Gasteiger partial charge on any atom is -0.399 e. The van der Waals surface area contributed by atoms with E-state index in [2.05, 4.69) is 12.1 Å². The van der Waals surface area contributed by atoms with Crippen LogP contribution in [-0.2, 0) is 0 Å². The van der Waals surface area contributed by atoms with Crippen molar-refractivity contribution in [2.45, 2.75) is 0 Å². The molecule has 0 radical (unpaired) electrons. The van der Waals surface area contributed by atoms with Crippen LogP contribution in [0.5, 0.6) is 0 Å². The summed E-state index contributed by atoms with van der Waals surface area (Å²) in [7, 11) is 0. The van der Waals surface area contributed by atoms with E-state index >= 15 is 0 Å². The number of nitrogens with two attached hydrogens (primary N) is 2. The van der Waals surface area contributed by atoms with Crippen molar-refractivity contribution in [3.8, 4) is 12.1 Å². The number of nitriles is 2. The zero-order valence-electron chi connectivity index (χ0n) is 15.1. The van der Waals surface area contributed by atoms with Crippen molar-refractivity contribution in [2.24, 2.45) is 0 Å². The third-order valence-electron chi connectivity index (χ3n) is 4.24. The maximum Gasteiger partial charge on any atom is 0.0998 e. The lowest BCUT2D eigenvalue weighted by Gasteiger charge is -2.04. The number of nitrogens with zero attached hydrogens (tertiary/aromatic N) is 2. The average molecular weight is 362 g/mol. The first kappa shape index (κ1) is 18.5. The number of rotatable bonds is 4. The van der Waals surface area contributed by atoms with E-state index in [-0.39, 0.29) is 0 Å². The summed E-state index contributed by atoms with van der Waals surface area (Å²) >= 11 is 0. The molecule has 0 aliphatic heterocycles. The zero-order valence-corrected chi connectivity index (χ0v) is 15.1. The van der Waals surface area contributed by atoms with Crippen molar-refractivity contribution in [1.29, 1.82) is 10.5 Å². The molecule has 3 aromatic carbocycles. The van der Waals surface area contributed by atoms with E-state index in [1.54, 1.807) is 24.3 Å². The van der Waals surface area contributed by atoms with Gasteiger partial charge in [-0.25, -0.2) is 0 Å². The molecule has 0 aromatic heterocycles. The minimum absolute atomic E-state index is 0.539. The average Bonchev–Trinajstić information content (AvgIpc) is 2.73. The first-order chi connectivity index (χ1) is 13.6. The molecule has 28 heavy (non-hydrogen) atoms. The zero-order chi connectivity index (χ0) is 19.9. The predicted molar refractivity (Wildman–Crippen MR) is 115 cm³/mol. The first-order valence-corrected chi connectivity index (χ1v) is 8.64. The number of hydrogen-bond acceptors (Lipinski definition) is 4. The van der Waals surface area contributed by atoms with Crippen LogP contribution in [-0.4, -0.2) is 0 Å². The van der Waals surface area contributed by atoms with Crippen LogP contribution in [0.4, 0.5) is 11.4 Å². The van der Waals surface area contributed by atoms with E-state index in [9.17, 15) is 10.5 Å². The Hall–Kier alpha value is -4.28. The van der Waals surface area contributed by atoms with Gasteiger partial charge in [-0.15, -0.1) is 0 Å². The summed E-state index contributed by atoms with van der Waals surface area (Å²) in [6, 6.07) is 26.5. The first-order valence-electron chi connectivity index (χ1n) is 8.64. The third-order valence-corrected chi connectivity index (χ3v) is 4.24. The van der Waals surface area contributed by atoms with E-state index in [0.29, 0.717) is 22.5 Å². The molecule has 0 aliphatic carbocycles. The summed E-state index contributed by atoms with van der Waals surface area (Å²) in [6.07, 6.45) is 3.62. The molecule has 3 aromatic rings. The highest BCUT2D eigenvalue weighted by atomic mass is 14.5. The highest BCUT2D eigenvalue weighted by molar-refractivity contribution is 5.92. The van der Waals surface area contributed by atoms with Gasteiger partial charge in [0.2, 0.25) is 0 Å². The van der Waals surface area contributed by atoms with Gasteiger partial charge in [-0.2, -0.15) is 10.5 Å². The fourth-order valence-corrected chi connectivity index (χ4v) is 2.71. The molecule has 4 N–H and O–H groups in total. The molecule has 0 fully saturated rings. The SMILES string of the molecule is N#C/C(=C\c1ccc(N)cc1)c1ccc(/C(C#N)=C/c2ccc(N)cc2)cc1. The minimum atomic E-state index is 0.539. The maximum absolute atomic E-state index is 9.52. The molecule has 4 heteroatoms. The lowest BCUT2D eigenvalue weighted by molar-refractivity contribution is 1.50. The number of allylic oxidation sites excluding steroid dienone is 2. The van der Waals surface area contributed by atoms with Gasteiger partial charge in [0.1, 0.15) is 0 Å². The Morgan fingerprint density at radius 1 is 0.571 bits per heavy atom. The van der Waals surface area contributed by atoms with Gasteiger partial charge in [-0.05, 0) is 58.7 Å². The standard InChI is InChI=1S/C24H18N4/c25-15-21(13-17-1-9-23(27)10-2-17)19-5-7-20(8-6-19)22(16-26)14-18-3-11-24(28)12-4-18/h1-14H,27-28H2/b21-13+,22-14+. The van der Waals surface area contributed by atoms with Gasteiger partial charge in [0.25, 0.3) is 0 Å². The van der Waals surface area contributed by atoms with Gasteiger partial charge in [-0.3, -0.25) is 0 Å². The quantitative estimate of drug-likeness (QED) is 0.388. The largest absolute Gasteiger partial charge is 0.399 e. The maximum atomic E-state index is 9.52. The van der Waals surface area contributed by atoms with Crippen LogP contribution >= 0.6 is 0 Å². The Kier molecular flexibility index (Phi) is 5.55. The van der Waals surface area contributed by atoms with Crippen molar-refractivity contribution in [2.75, 3.05) is 11.5 Å². The summed E-state index contributed by atoms with van der Waals surface area (Å²) < 4.78 is 0. The van der Waals surface area contributed by atoms with Crippen molar-refractivity contribution in [3.05, 3.63) is 95.1 Å². The van der Waals surface area contributed by atoms with Crippen LogP contribution in [0.1, 0.15) is 22.3 Å². The Labute approximate surface area is 164 Å². The second-order valence-electron chi connectivity index (χ2n) is 6.25. The lowest BCUT2D eigenvalue weighted by Crippen LogP contribution is -1.87. The molecule has 0 saturated heterocycles. The topological polar surface area (TPSA) is 99.6 Å². The molecule has 0 bridgehead atoms. The molecule has 0 amide bonds. The fraction of sp³-hybridized carbons (Fsp3) is 0. The van der Waals surface area contributed by atoms with Gasteiger partial charge < -0.3 is 11.5 Å². The van der Waals surface area contributed by atoms with E-state index in [0.717, 1.165) is 22.3 Å². The Morgan fingerprint density at radius 2 is 0.893 bits per heavy atom. The number of benzene rings is 3. The van der Waals surface area contributed by atoms with Gasteiger partial charge in [0.05, 0.1) is 23.3 Å². The second kappa shape index (κ2) is 8.40. The van der Waals surface area contributed by atoms with Crippen molar-refractivity contribution in [3.63, 3.8) is 0 Å². The van der Waals surface area contributed by atoms with E-state index < -0.39 is 0 Å². The van der Waals surface area contributed by atoms with Gasteiger partial charge in [-0.1, -0.05) is 48.5 Å². The molecule has 134 valence electrons. The van der Waals surface area contributed by atoms with Crippen molar-refractivity contribution < 1.29 is 0 Å². The molecule has 0 atom stereocenters. The summed E-state index contributed by atoms with van der Waals surface area (Å²) in [6.45, 7) is 0. The normalized spacial score (nSPS) is 11.5. The Morgan fingerprint density at radius 3 is 1.18 bits per heavy atom. The molecular weight excluding hydrogens is 344 g/mol. The van der Waals surface area contributed by atoms with Crippen LogP contribution in [0, 0.1) is 22.7 Å². The van der Waals surface area contributed by atoms with Crippen molar-refractivity contribution >= 4 is 34.7 Å². The van der Waals surface area contributed by atoms with E-state index in [4.69, 9.17) is 11.5 Å². The van der Waals surface area contributed by atoms with Crippen LogP contribution in [0.2, 0.25) is 0 Å². The summed E-state index contributed by atoms with van der Waals surface area (Å²) in [5.41, 5.74) is 17.2. The molecule has 0 unspecified atom stereocenters. The van der Waals surface area contributed by atoms with Gasteiger partial charge in [0.15, 0.2) is 0 Å². The molecule has 0 spiro atoms. The number of anilines is 2. The van der Waals surface area contributed by atoms with Crippen molar-refractivity contribution in [1.82, 2.24) is 0 Å².